The van der Waals surface area contributed by atoms with E-state index in [9.17, 15) is 4.79 Å². The van der Waals surface area contributed by atoms with Crippen molar-refractivity contribution in [3.8, 4) is 11.5 Å². The van der Waals surface area contributed by atoms with Gasteiger partial charge in [-0.3, -0.25) is 4.79 Å². The van der Waals surface area contributed by atoms with Gasteiger partial charge in [-0.15, -0.1) is 0 Å². The van der Waals surface area contributed by atoms with Gasteiger partial charge in [-0.05, 0) is 54.1 Å². The van der Waals surface area contributed by atoms with Crippen LogP contribution in [0.5, 0.6) is 11.5 Å². The van der Waals surface area contributed by atoms with E-state index < -0.39 is 0 Å². The summed E-state index contributed by atoms with van der Waals surface area (Å²) in [6.45, 7) is 0.366. The summed E-state index contributed by atoms with van der Waals surface area (Å²) in [6, 6.07) is 18.5. The number of hydrogen-bond acceptors (Lipinski definition) is 4. The van der Waals surface area contributed by atoms with Crippen molar-refractivity contribution in [1.29, 1.82) is 0 Å². The number of carbonyl (C=O) groups is 1. The number of rotatable bonds is 5. The fraction of sp³-hybridized carbons (Fsp3) is 0.0526. The van der Waals surface area contributed by atoms with Crippen LogP contribution in [0.1, 0.15) is 15.9 Å². The largest absolute Gasteiger partial charge is 0.457 e. The maximum Gasteiger partial charge on any atom is 0.255 e. The Kier molecular flexibility index (Phi) is 5.30. The molecule has 0 aliphatic rings. The van der Waals surface area contributed by atoms with E-state index in [1.54, 1.807) is 18.3 Å². The number of pyridine rings is 1. The number of anilines is 1. The average molecular weight is 398 g/mol. The molecule has 0 saturated heterocycles. The lowest BCUT2D eigenvalue weighted by Gasteiger charge is -2.09. The summed E-state index contributed by atoms with van der Waals surface area (Å²) in [4.78, 5) is 16.1. The highest BCUT2D eigenvalue weighted by Gasteiger charge is 2.09. The molecular weight excluding hydrogens is 382 g/mol. The number of aromatic nitrogens is 1. The van der Waals surface area contributed by atoms with E-state index in [0.29, 0.717) is 17.9 Å². The van der Waals surface area contributed by atoms with E-state index in [4.69, 9.17) is 10.5 Å². The molecule has 0 bridgehead atoms. The fourth-order valence-electron chi connectivity index (χ4n) is 2.24. The van der Waals surface area contributed by atoms with Gasteiger partial charge in [0, 0.05) is 17.2 Å². The average Bonchev–Trinajstić information content (AvgIpc) is 2.62. The number of nitrogens with two attached hydrogens (primary N) is 1. The molecule has 0 fully saturated rings. The van der Waals surface area contributed by atoms with Crippen molar-refractivity contribution in [2.45, 2.75) is 6.54 Å². The van der Waals surface area contributed by atoms with Crippen LogP contribution in [0.4, 0.5) is 5.82 Å². The molecule has 5 nitrogen and oxygen atoms in total. The highest BCUT2D eigenvalue weighted by Crippen LogP contribution is 2.24. The van der Waals surface area contributed by atoms with Crippen LogP contribution >= 0.6 is 15.9 Å². The van der Waals surface area contributed by atoms with E-state index in [1.807, 2.05) is 48.5 Å². The molecule has 0 aliphatic carbocycles. The number of nitrogens with one attached hydrogen (secondary N) is 1. The molecule has 1 heterocycles. The van der Waals surface area contributed by atoms with Gasteiger partial charge in [0.2, 0.25) is 0 Å². The second kappa shape index (κ2) is 7.81. The maximum absolute atomic E-state index is 12.2. The molecule has 6 heteroatoms. The van der Waals surface area contributed by atoms with Crippen LogP contribution in [0.15, 0.2) is 71.3 Å². The van der Waals surface area contributed by atoms with Crippen molar-refractivity contribution in [3.63, 3.8) is 0 Å². The van der Waals surface area contributed by atoms with E-state index >= 15 is 0 Å². The number of hydrogen-bond donors (Lipinski definition) is 2. The van der Waals surface area contributed by atoms with E-state index in [2.05, 4.69) is 26.2 Å². The molecule has 0 saturated carbocycles. The van der Waals surface area contributed by atoms with Crippen LogP contribution in [0.2, 0.25) is 0 Å². The van der Waals surface area contributed by atoms with Gasteiger partial charge in [-0.25, -0.2) is 4.98 Å². The molecule has 0 atom stereocenters. The van der Waals surface area contributed by atoms with Gasteiger partial charge in [-0.1, -0.05) is 28.1 Å². The lowest BCUT2D eigenvalue weighted by atomic mass is 10.2. The molecule has 0 spiro atoms. The maximum atomic E-state index is 12.2. The molecule has 0 radical (unpaired) electrons. The SMILES string of the molecule is Nc1ncccc1C(=O)NCc1cccc(Oc2ccc(Br)cc2)c1. The highest BCUT2D eigenvalue weighted by atomic mass is 79.9. The van der Waals surface area contributed by atoms with Crippen LogP contribution < -0.4 is 15.8 Å². The highest BCUT2D eigenvalue weighted by molar-refractivity contribution is 9.10. The lowest BCUT2D eigenvalue weighted by Crippen LogP contribution is -2.24. The molecule has 0 unspecified atom stereocenters. The number of carbonyl (C=O) groups excluding carboxylic acids is 1. The Balaban J connectivity index is 1.64. The van der Waals surface area contributed by atoms with E-state index in [1.165, 1.54) is 0 Å². The zero-order chi connectivity index (χ0) is 17.6. The molecule has 1 aromatic heterocycles. The topological polar surface area (TPSA) is 77.2 Å². The summed E-state index contributed by atoms with van der Waals surface area (Å²) in [7, 11) is 0. The third-order valence-corrected chi connectivity index (χ3v) is 4.01. The molecule has 0 aliphatic heterocycles. The minimum atomic E-state index is -0.259. The number of amides is 1. The summed E-state index contributed by atoms with van der Waals surface area (Å²) >= 11 is 3.39. The second-order valence-electron chi connectivity index (χ2n) is 5.32. The Bertz CT molecular complexity index is 882. The van der Waals surface area contributed by atoms with Gasteiger partial charge in [0.25, 0.3) is 5.91 Å². The van der Waals surface area contributed by atoms with Gasteiger partial charge in [0.05, 0.1) is 5.56 Å². The summed E-state index contributed by atoms with van der Waals surface area (Å²) < 4.78 is 6.81. The van der Waals surface area contributed by atoms with Crippen molar-refractivity contribution >= 4 is 27.7 Å². The molecule has 3 N–H and O–H groups in total. The number of nitrogens with zero attached hydrogens (tertiary/aromatic N) is 1. The zero-order valence-electron chi connectivity index (χ0n) is 13.3. The van der Waals surface area contributed by atoms with Crippen LogP contribution in [0.3, 0.4) is 0 Å². The van der Waals surface area contributed by atoms with Crippen molar-refractivity contribution in [2.24, 2.45) is 0 Å². The Morgan fingerprint density at radius 1 is 1.08 bits per heavy atom. The van der Waals surface area contributed by atoms with Gasteiger partial charge >= 0.3 is 0 Å². The van der Waals surface area contributed by atoms with Crippen LogP contribution in [0.25, 0.3) is 0 Å². The normalized spacial score (nSPS) is 10.3. The first-order valence-electron chi connectivity index (χ1n) is 7.63. The lowest BCUT2D eigenvalue weighted by molar-refractivity contribution is 0.0951. The van der Waals surface area contributed by atoms with E-state index in [0.717, 1.165) is 15.8 Å². The third kappa shape index (κ3) is 4.58. The van der Waals surface area contributed by atoms with Gasteiger partial charge in [0.15, 0.2) is 0 Å². The zero-order valence-corrected chi connectivity index (χ0v) is 14.9. The predicted molar refractivity (Wildman–Crippen MR) is 100 cm³/mol. The van der Waals surface area contributed by atoms with Crippen LogP contribution in [0, 0.1) is 0 Å². The van der Waals surface area contributed by atoms with Crippen molar-refractivity contribution < 1.29 is 9.53 Å². The summed E-state index contributed by atoms with van der Waals surface area (Å²) in [5.41, 5.74) is 7.00. The predicted octanol–water partition coefficient (Wildman–Crippen LogP) is 4.15. The van der Waals surface area contributed by atoms with Gasteiger partial charge < -0.3 is 15.8 Å². The Labute approximate surface area is 154 Å². The summed E-state index contributed by atoms with van der Waals surface area (Å²) in [6.07, 6.45) is 1.55. The standard InChI is InChI=1S/C19H16BrN3O2/c20-14-6-8-15(9-7-14)25-16-4-1-3-13(11-16)12-23-19(24)17-5-2-10-22-18(17)21/h1-11H,12H2,(H2,21,22)(H,23,24). The molecule has 2 aromatic carbocycles. The van der Waals surface area contributed by atoms with E-state index in [-0.39, 0.29) is 11.7 Å². The first-order chi connectivity index (χ1) is 12.1. The molecule has 25 heavy (non-hydrogen) atoms. The molecule has 126 valence electrons. The minimum Gasteiger partial charge on any atom is -0.457 e. The summed E-state index contributed by atoms with van der Waals surface area (Å²) in [5, 5.41) is 2.83. The minimum absolute atomic E-state index is 0.215. The van der Waals surface area contributed by atoms with Crippen molar-refractivity contribution in [2.75, 3.05) is 5.73 Å². The number of nitrogen functional groups attached to an aromatic ring is 1. The number of benzene rings is 2. The van der Waals surface area contributed by atoms with Crippen LogP contribution in [-0.4, -0.2) is 10.9 Å². The molecular formula is C19H16BrN3O2. The second-order valence-corrected chi connectivity index (χ2v) is 6.24. The molecule has 3 rings (SSSR count). The Hall–Kier alpha value is -2.86. The smallest absolute Gasteiger partial charge is 0.255 e. The summed E-state index contributed by atoms with van der Waals surface area (Å²) in [5.74, 6) is 1.40. The first-order valence-corrected chi connectivity index (χ1v) is 8.42. The first kappa shape index (κ1) is 17.0. The monoisotopic (exact) mass is 397 g/mol. The van der Waals surface area contributed by atoms with Gasteiger partial charge in [0.1, 0.15) is 17.3 Å². The van der Waals surface area contributed by atoms with Crippen LogP contribution in [-0.2, 0) is 6.54 Å². The molecule has 3 aromatic rings. The third-order valence-electron chi connectivity index (χ3n) is 3.48. The fourth-order valence-corrected chi connectivity index (χ4v) is 2.51. The quantitative estimate of drug-likeness (QED) is 0.677. The van der Waals surface area contributed by atoms with Gasteiger partial charge in [-0.2, -0.15) is 0 Å². The Morgan fingerprint density at radius 3 is 2.64 bits per heavy atom. The van der Waals surface area contributed by atoms with Crippen molar-refractivity contribution in [3.05, 3.63) is 82.5 Å². The number of ether oxygens (including phenoxy) is 1. The Morgan fingerprint density at radius 2 is 1.88 bits per heavy atom. The molecule has 1 amide bonds. The number of halogens is 1. The van der Waals surface area contributed by atoms with Crippen molar-refractivity contribution in [1.82, 2.24) is 10.3 Å².